The number of rotatable bonds is 11. The van der Waals surface area contributed by atoms with E-state index in [1.807, 2.05) is 0 Å². The van der Waals surface area contributed by atoms with Gasteiger partial charge in [0.25, 0.3) is 0 Å². The number of nitrogens with one attached hydrogen (secondary N) is 1. The largest absolute Gasteiger partial charge is 0.481 e. The molecule has 2 N–H and O–H groups in total. The lowest BCUT2D eigenvalue weighted by molar-refractivity contribution is -0.137. The minimum atomic E-state index is -3.47. The van der Waals surface area contributed by atoms with Crippen LogP contribution in [-0.2, 0) is 26.0 Å². The lowest BCUT2D eigenvalue weighted by Crippen LogP contribution is -2.30. The van der Waals surface area contributed by atoms with E-state index in [0.29, 0.717) is 32.5 Å². The van der Waals surface area contributed by atoms with Crippen molar-refractivity contribution < 1.29 is 23.1 Å². The molecule has 0 atom stereocenters. The van der Waals surface area contributed by atoms with E-state index in [1.54, 1.807) is 38.1 Å². The second-order valence-corrected chi connectivity index (χ2v) is 7.52. The summed E-state index contributed by atoms with van der Waals surface area (Å²) < 4.78 is 26.2. The first-order chi connectivity index (χ1) is 11.8. The van der Waals surface area contributed by atoms with Gasteiger partial charge < -0.3 is 10.4 Å². The van der Waals surface area contributed by atoms with E-state index in [4.69, 9.17) is 5.11 Å². The maximum Gasteiger partial charge on any atom is 0.303 e. The van der Waals surface area contributed by atoms with Gasteiger partial charge in [0, 0.05) is 32.5 Å². The summed E-state index contributed by atoms with van der Waals surface area (Å²) >= 11 is 0. The normalized spacial score (nSPS) is 11.5. The summed E-state index contributed by atoms with van der Waals surface area (Å²) in [4.78, 5) is 22.3. The highest BCUT2D eigenvalue weighted by Crippen LogP contribution is 2.16. The van der Waals surface area contributed by atoms with Crippen LogP contribution in [0.25, 0.3) is 0 Å². The average molecular weight is 370 g/mol. The Labute approximate surface area is 149 Å². The van der Waals surface area contributed by atoms with E-state index in [-0.39, 0.29) is 23.6 Å². The Hall–Kier alpha value is -1.93. The van der Waals surface area contributed by atoms with Gasteiger partial charge in [-0.15, -0.1) is 0 Å². The summed E-state index contributed by atoms with van der Waals surface area (Å²) in [7, 11) is -3.47. The highest BCUT2D eigenvalue weighted by Gasteiger charge is 2.21. The van der Waals surface area contributed by atoms with E-state index in [0.717, 1.165) is 5.56 Å². The molecule has 0 bridgehead atoms. The van der Waals surface area contributed by atoms with E-state index >= 15 is 0 Å². The highest BCUT2D eigenvalue weighted by molar-refractivity contribution is 7.89. The molecule has 0 aliphatic heterocycles. The number of nitrogens with zero attached hydrogens (tertiary/aromatic N) is 1. The van der Waals surface area contributed by atoms with Crippen molar-refractivity contribution in [3.05, 3.63) is 29.8 Å². The lowest BCUT2D eigenvalue weighted by Gasteiger charge is -2.18. The lowest BCUT2D eigenvalue weighted by atomic mass is 10.1. The molecule has 0 aromatic heterocycles. The van der Waals surface area contributed by atoms with Crippen molar-refractivity contribution in [3.8, 4) is 0 Å². The first-order valence-corrected chi connectivity index (χ1v) is 9.82. The predicted octanol–water partition coefficient (Wildman–Crippen LogP) is 1.63. The van der Waals surface area contributed by atoms with Crippen molar-refractivity contribution in [2.45, 2.75) is 44.4 Å². The van der Waals surface area contributed by atoms with Gasteiger partial charge in [-0.05, 0) is 30.5 Å². The van der Waals surface area contributed by atoms with Gasteiger partial charge in [-0.2, -0.15) is 4.31 Å². The fraction of sp³-hybridized carbons (Fsp3) is 0.529. The Kier molecular flexibility index (Phi) is 8.57. The number of aliphatic carboxylic acids is 1. The molecule has 0 saturated heterocycles. The molecule has 0 fully saturated rings. The number of hydrogen-bond acceptors (Lipinski definition) is 4. The van der Waals surface area contributed by atoms with Gasteiger partial charge >= 0.3 is 5.97 Å². The molecule has 0 radical (unpaired) electrons. The second kappa shape index (κ2) is 10.1. The smallest absolute Gasteiger partial charge is 0.303 e. The molecule has 25 heavy (non-hydrogen) atoms. The topological polar surface area (TPSA) is 104 Å². The Morgan fingerprint density at radius 3 is 2.20 bits per heavy atom. The standard InChI is InChI=1S/C17H26N2O5S/c1-3-19(4-2)25(23,24)15-10-7-14(8-11-15)9-12-16(20)18-13-5-6-17(21)22/h7-8,10-11H,3-6,9,12-13H2,1-2H3,(H,18,20)(H,21,22). The van der Waals surface area contributed by atoms with Crippen LogP contribution in [0.4, 0.5) is 0 Å². The predicted molar refractivity (Wildman–Crippen MR) is 94.7 cm³/mol. The molecule has 7 nitrogen and oxygen atoms in total. The zero-order valence-corrected chi connectivity index (χ0v) is 15.5. The average Bonchev–Trinajstić information content (AvgIpc) is 2.58. The summed E-state index contributed by atoms with van der Waals surface area (Å²) in [5, 5.41) is 11.2. The summed E-state index contributed by atoms with van der Waals surface area (Å²) in [6.45, 7) is 4.77. The van der Waals surface area contributed by atoms with Gasteiger partial charge in [0.1, 0.15) is 0 Å². The molecule has 0 aliphatic rings. The van der Waals surface area contributed by atoms with Crippen LogP contribution in [0.5, 0.6) is 0 Å². The molecule has 8 heteroatoms. The number of hydrogen-bond donors (Lipinski definition) is 2. The number of aryl methyl sites for hydroxylation is 1. The molecule has 0 heterocycles. The van der Waals surface area contributed by atoms with Crippen LogP contribution < -0.4 is 5.32 Å². The van der Waals surface area contributed by atoms with Crippen molar-refractivity contribution in [3.63, 3.8) is 0 Å². The zero-order chi connectivity index (χ0) is 18.9. The third-order valence-electron chi connectivity index (χ3n) is 3.80. The Balaban J connectivity index is 2.52. The molecular weight excluding hydrogens is 344 g/mol. The van der Waals surface area contributed by atoms with Crippen LogP contribution in [0.1, 0.15) is 38.7 Å². The summed E-state index contributed by atoms with van der Waals surface area (Å²) in [6.07, 6.45) is 1.20. The maximum atomic E-state index is 12.4. The molecule has 0 aliphatic carbocycles. The van der Waals surface area contributed by atoms with Gasteiger partial charge in [-0.3, -0.25) is 9.59 Å². The van der Waals surface area contributed by atoms with Crippen LogP contribution in [0.15, 0.2) is 29.2 Å². The van der Waals surface area contributed by atoms with Crippen LogP contribution in [0, 0.1) is 0 Å². The first kappa shape index (κ1) is 21.1. The fourth-order valence-corrected chi connectivity index (χ4v) is 3.81. The Bertz CT molecular complexity index is 667. The number of carbonyl (C=O) groups is 2. The van der Waals surface area contributed by atoms with Crippen molar-refractivity contribution in [1.82, 2.24) is 9.62 Å². The molecule has 0 saturated carbocycles. The van der Waals surface area contributed by atoms with E-state index in [9.17, 15) is 18.0 Å². The van der Waals surface area contributed by atoms with Crippen molar-refractivity contribution >= 4 is 21.9 Å². The number of amides is 1. The summed E-state index contributed by atoms with van der Waals surface area (Å²) in [6, 6.07) is 6.56. The highest BCUT2D eigenvalue weighted by atomic mass is 32.2. The number of carbonyl (C=O) groups excluding carboxylic acids is 1. The molecular formula is C17H26N2O5S. The number of carboxylic acid groups (broad SMARTS) is 1. The maximum absolute atomic E-state index is 12.4. The molecule has 1 aromatic carbocycles. The minimum absolute atomic E-state index is 0.0305. The van der Waals surface area contributed by atoms with Gasteiger partial charge in [-0.25, -0.2) is 8.42 Å². The number of carboxylic acids is 1. The van der Waals surface area contributed by atoms with Crippen molar-refractivity contribution in [2.75, 3.05) is 19.6 Å². The molecule has 1 aromatic rings. The van der Waals surface area contributed by atoms with Crippen LogP contribution in [-0.4, -0.2) is 49.3 Å². The van der Waals surface area contributed by atoms with E-state index in [2.05, 4.69) is 5.32 Å². The number of sulfonamides is 1. The second-order valence-electron chi connectivity index (χ2n) is 5.58. The van der Waals surface area contributed by atoms with Gasteiger partial charge in [0.05, 0.1) is 4.90 Å². The van der Waals surface area contributed by atoms with Gasteiger partial charge in [-0.1, -0.05) is 26.0 Å². The van der Waals surface area contributed by atoms with E-state index in [1.165, 1.54) is 4.31 Å². The summed E-state index contributed by atoms with van der Waals surface area (Å²) in [5.41, 5.74) is 0.874. The Morgan fingerprint density at radius 2 is 1.68 bits per heavy atom. The molecule has 1 amide bonds. The quantitative estimate of drug-likeness (QED) is 0.576. The van der Waals surface area contributed by atoms with Crippen LogP contribution in [0.3, 0.4) is 0 Å². The van der Waals surface area contributed by atoms with Crippen LogP contribution in [0.2, 0.25) is 0 Å². The third kappa shape index (κ3) is 6.83. The van der Waals surface area contributed by atoms with Crippen molar-refractivity contribution in [2.24, 2.45) is 0 Å². The SMILES string of the molecule is CCN(CC)S(=O)(=O)c1ccc(CCC(=O)NCCCC(=O)O)cc1. The molecule has 0 unspecified atom stereocenters. The minimum Gasteiger partial charge on any atom is -0.481 e. The molecule has 1 rings (SSSR count). The van der Waals surface area contributed by atoms with Gasteiger partial charge in [0.15, 0.2) is 0 Å². The monoisotopic (exact) mass is 370 g/mol. The summed E-state index contributed by atoms with van der Waals surface area (Å²) in [5.74, 6) is -1.03. The van der Waals surface area contributed by atoms with Crippen LogP contribution >= 0.6 is 0 Å². The van der Waals surface area contributed by atoms with E-state index < -0.39 is 16.0 Å². The Morgan fingerprint density at radius 1 is 1.08 bits per heavy atom. The van der Waals surface area contributed by atoms with Crippen molar-refractivity contribution in [1.29, 1.82) is 0 Å². The molecule has 140 valence electrons. The zero-order valence-electron chi connectivity index (χ0n) is 14.7. The van der Waals surface area contributed by atoms with Gasteiger partial charge in [0.2, 0.25) is 15.9 Å². The third-order valence-corrected chi connectivity index (χ3v) is 5.86. The molecule has 0 spiro atoms. The first-order valence-electron chi connectivity index (χ1n) is 8.38. The fourth-order valence-electron chi connectivity index (χ4n) is 2.35. The number of benzene rings is 1.